The molecule has 100 valence electrons. The summed E-state index contributed by atoms with van der Waals surface area (Å²) >= 11 is 0. The average Bonchev–Trinajstić information content (AvgIpc) is 2.83. The smallest absolute Gasteiger partial charge is 0.338 e. The Morgan fingerprint density at radius 2 is 2.00 bits per heavy atom. The van der Waals surface area contributed by atoms with E-state index in [0.717, 1.165) is 17.0 Å². The Morgan fingerprint density at radius 3 is 2.58 bits per heavy atom. The highest BCUT2D eigenvalue weighted by Crippen LogP contribution is 2.14. The van der Waals surface area contributed by atoms with Gasteiger partial charge in [0.05, 0.1) is 25.0 Å². The van der Waals surface area contributed by atoms with Crippen LogP contribution >= 0.6 is 0 Å². The van der Waals surface area contributed by atoms with Crippen LogP contribution in [0.5, 0.6) is 0 Å². The average molecular weight is 259 g/mol. The molecule has 0 aliphatic heterocycles. The number of anilines is 1. The van der Waals surface area contributed by atoms with Crippen molar-refractivity contribution in [3.63, 3.8) is 0 Å². The zero-order valence-electron chi connectivity index (χ0n) is 11.1. The van der Waals surface area contributed by atoms with Crippen molar-refractivity contribution in [1.82, 2.24) is 0 Å². The third-order valence-corrected chi connectivity index (χ3v) is 2.82. The molecule has 0 aliphatic carbocycles. The van der Waals surface area contributed by atoms with E-state index in [0.29, 0.717) is 18.7 Å². The Balaban J connectivity index is 1.95. The molecule has 1 aromatic carbocycles. The van der Waals surface area contributed by atoms with Crippen LogP contribution in [0.4, 0.5) is 5.69 Å². The molecule has 0 bridgehead atoms. The number of aryl methyl sites for hydroxylation is 1. The molecule has 19 heavy (non-hydrogen) atoms. The molecule has 2 aromatic rings. The molecule has 0 atom stereocenters. The van der Waals surface area contributed by atoms with Gasteiger partial charge >= 0.3 is 5.97 Å². The van der Waals surface area contributed by atoms with Crippen LogP contribution in [0.15, 0.2) is 41.0 Å². The summed E-state index contributed by atoms with van der Waals surface area (Å²) in [7, 11) is 0. The van der Waals surface area contributed by atoms with Crippen molar-refractivity contribution in [2.45, 2.75) is 20.4 Å². The predicted octanol–water partition coefficient (Wildman–Crippen LogP) is 3.38. The molecule has 1 aromatic heterocycles. The fourth-order valence-corrected chi connectivity index (χ4v) is 1.71. The monoisotopic (exact) mass is 259 g/mol. The number of carbonyl (C=O) groups is 1. The van der Waals surface area contributed by atoms with Gasteiger partial charge in [-0.1, -0.05) is 0 Å². The van der Waals surface area contributed by atoms with E-state index in [4.69, 9.17) is 9.15 Å². The van der Waals surface area contributed by atoms with Crippen LogP contribution in [0.3, 0.4) is 0 Å². The van der Waals surface area contributed by atoms with Gasteiger partial charge in [-0.2, -0.15) is 0 Å². The first-order valence-electron chi connectivity index (χ1n) is 6.24. The lowest BCUT2D eigenvalue weighted by Gasteiger charge is -2.06. The summed E-state index contributed by atoms with van der Waals surface area (Å²) in [6.45, 7) is 4.80. The third-order valence-electron chi connectivity index (χ3n) is 2.82. The molecule has 4 nitrogen and oxygen atoms in total. The van der Waals surface area contributed by atoms with Crippen LogP contribution in [-0.4, -0.2) is 12.6 Å². The molecular formula is C15H17NO3. The molecule has 2 rings (SSSR count). The van der Waals surface area contributed by atoms with Gasteiger partial charge in [0.1, 0.15) is 5.76 Å². The van der Waals surface area contributed by atoms with Crippen LogP contribution < -0.4 is 5.32 Å². The molecule has 0 unspecified atom stereocenters. The second-order valence-electron chi connectivity index (χ2n) is 4.18. The molecule has 0 amide bonds. The number of hydrogen-bond donors (Lipinski definition) is 1. The van der Waals surface area contributed by atoms with E-state index in [-0.39, 0.29) is 5.97 Å². The van der Waals surface area contributed by atoms with E-state index < -0.39 is 0 Å². The largest absolute Gasteiger partial charge is 0.467 e. The van der Waals surface area contributed by atoms with Gasteiger partial charge in [0, 0.05) is 5.69 Å². The van der Waals surface area contributed by atoms with E-state index in [9.17, 15) is 4.79 Å². The van der Waals surface area contributed by atoms with E-state index in [2.05, 4.69) is 5.32 Å². The van der Waals surface area contributed by atoms with E-state index in [1.165, 1.54) is 0 Å². The zero-order valence-corrected chi connectivity index (χ0v) is 11.1. The van der Waals surface area contributed by atoms with Crippen LogP contribution in [0.2, 0.25) is 0 Å². The number of nitrogens with one attached hydrogen (secondary N) is 1. The number of ether oxygens (including phenoxy) is 1. The summed E-state index contributed by atoms with van der Waals surface area (Å²) in [5.41, 5.74) is 2.61. The van der Waals surface area contributed by atoms with Crippen molar-refractivity contribution in [1.29, 1.82) is 0 Å². The lowest BCUT2D eigenvalue weighted by molar-refractivity contribution is 0.0526. The van der Waals surface area contributed by atoms with Crippen molar-refractivity contribution < 1.29 is 13.9 Å². The van der Waals surface area contributed by atoms with Gasteiger partial charge in [0.15, 0.2) is 0 Å². The van der Waals surface area contributed by atoms with Gasteiger partial charge in [-0.25, -0.2) is 4.79 Å². The molecule has 0 saturated heterocycles. The van der Waals surface area contributed by atoms with Crippen molar-refractivity contribution in [3.8, 4) is 0 Å². The lowest BCUT2D eigenvalue weighted by Crippen LogP contribution is -2.05. The van der Waals surface area contributed by atoms with Crippen LogP contribution in [0, 0.1) is 6.92 Å². The second kappa shape index (κ2) is 6.09. The predicted molar refractivity (Wildman–Crippen MR) is 73.2 cm³/mol. The Hall–Kier alpha value is -2.23. The minimum absolute atomic E-state index is 0.295. The second-order valence-corrected chi connectivity index (χ2v) is 4.18. The minimum Gasteiger partial charge on any atom is -0.467 e. The normalized spacial score (nSPS) is 10.2. The van der Waals surface area contributed by atoms with E-state index in [1.807, 2.05) is 25.1 Å². The summed E-state index contributed by atoms with van der Waals surface area (Å²) in [6.07, 6.45) is 1.68. The molecule has 0 aliphatic rings. The first-order valence-corrected chi connectivity index (χ1v) is 6.24. The van der Waals surface area contributed by atoms with Crippen molar-refractivity contribution in [2.24, 2.45) is 0 Å². The van der Waals surface area contributed by atoms with E-state index in [1.54, 1.807) is 25.3 Å². The Labute approximate surface area is 112 Å². The molecule has 0 saturated carbocycles. The first kappa shape index (κ1) is 13.2. The standard InChI is InChI=1S/C15H17NO3/c1-3-18-15(17)12-4-6-13(7-5-12)16-10-14-11(2)8-9-19-14/h4-9,16H,3,10H2,1-2H3. The Kier molecular flexibility index (Phi) is 4.23. The maximum absolute atomic E-state index is 11.5. The van der Waals surface area contributed by atoms with Gasteiger partial charge in [0.25, 0.3) is 0 Å². The zero-order chi connectivity index (χ0) is 13.7. The SMILES string of the molecule is CCOC(=O)c1ccc(NCc2occc2C)cc1. The highest BCUT2D eigenvalue weighted by atomic mass is 16.5. The summed E-state index contributed by atoms with van der Waals surface area (Å²) < 4.78 is 10.3. The van der Waals surface area contributed by atoms with Crippen LogP contribution in [0.25, 0.3) is 0 Å². The van der Waals surface area contributed by atoms with Crippen LogP contribution in [-0.2, 0) is 11.3 Å². The molecule has 1 heterocycles. The van der Waals surface area contributed by atoms with Gasteiger partial charge in [-0.3, -0.25) is 0 Å². The fraction of sp³-hybridized carbons (Fsp3) is 0.267. The summed E-state index contributed by atoms with van der Waals surface area (Å²) in [5.74, 6) is 0.616. The molecule has 0 radical (unpaired) electrons. The Morgan fingerprint density at radius 1 is 1.26 bits per heavy atom. The maximum Gasteiger partial charge on any atom is 0.338 e. The van der Waals surface area contributed by atoms with Crippen molar-refractivity contribution in [2.75, 3.05) is 11.9 Å². The highest BCUT2D eigenvalue weighted by Gasteiger charge is 2.06. The van der Waals surface area contributed by atoms with E-state index >= 15 is 0 Å². The number of benzene rings is 1. The molecular weight excluding hydrogens is 242 g/mol. The van der Waals surface area contributed by atoms with Gasteiger partial charge in [-0.05, 0) is 49.7 Å². The number of hydrogen-bond acceptors (Lipinski definition) is 4. The summed E-state index contributed by atoms with van der Waals surface area (Å²) in [5, 5.41) is 3.24. The van der Waals surface area contributed by atoms with Crippen molar-refractivity contribution in [3.05, 3.63) is 53.5 Å². The number of esters is 1. The molecule has 0 spiro atoms. The van der Waals surface area contributed by atoms with Crippen LogP contribution in [0.1, 0.15) is 28.6 Å². The highest BCUT2D eigenvalue weighted by molar-refractivity contribution is 5.89. The van der Waals surface area contributed by atoms with Crippen molar-refractivity contribution >= 4 is 11.7 Å². The summed E-state index contributed by atoms with van der Waals surface area (Å²) in [4.78, 5) is 11.5. The Bertz CT molecular complexity index is 543. The fourth-order valence-electron chi connectivity index (χ4n) is 1.71. The van der Waals surface area contributed by atoms with Gasteiger partial charge in [0.2, 0.25) is 0 Å². The molecule has 0 fully saturated rings. The topological polar surface area (TPSA) is 51.5 Å². The third kappa shape index (κ3) is 3.37. The molecule has 4 heteroatoms. The number of carbonyl (C=O) groups excluding carboxylic acids is 1. The molecule has 1 N–H and O–H groups in total. The van der Waals surface area contributed by atoms with Gasteiger partial charge < -0.3 is 14.5 Å². The first-order chi connectivity index (χ1) is 9.20. The van der Waals surface area contributed by atoms with Gasteiger partial charge in [-0.15, -0.1) is 0 Å². The minimum atomic E-state index is -0.295. The number of furan rings is 1. The summed E-state index contributed by atoms with van der Waals surface area (Å²) in [6, 6.07) is 9.13. The quantitative estimate of drug-likeness (QED) is 0.836. The number of rotatable bonds is 5. The lowest BCUT2D eigenvalue weighted by atomic mass is 10.2. The maximum atomic E-state index is 11.5.